The van der Waals surface area contributed by atoms with Crippen molar-refractivity contribution in [3.05, 3.63) is 53.6 Å². The molecule has 1 aromatic rings. The fourth-order valence-corrected chi connectivity index (χ4v) is 3.67. The molecule has 0 radical (unpaired) electrons. The molecule has 22 heavy (non-hydrogen) atoms. The van der Waals surface area contributed by atoms with Crippen molar-refractivity contribution in [2.75, 3.05) is 6.54 Å². The summed E-state index contributed by atoms with van der Waals surface area (Å²) < 4.78 is 3.13. The van der Waals surface area contributed by atoms with Crippen molar-refractivity contribution in [3.63, 3.8) is 0 Å². The minimum absolute atomic E-state index is 0.228. The Kier molecular flexibility index (Phi) is 3.90. The van der Waals surface area contributed by atoms with Crippen LogP contribution >= 0.6 is 11.9 Å². The summed E-state index contributed by atoms with van der Waals surface area (Å²) in [5.74, 6) is -1.88. The van der Waals surface area contributed by atoms with Gasteiger partial charge in [-0.1, -0.05) is 24.3 Å². The molecule has 0 aromatic heterocycles. The Labute approximate surface area is 131 Å². The Hall–Kier alpha value is -1.89. The fraction of sp³-hybridized carbons (Fsp3) is 0.250. The summed E-state index contributed by atoms with van der Waals surface area (Å²) in [6.07, 6.45) is 3.96. The first-order chi connectivity index (χ1) is 10.5. The number of allylic oxidation sites excluding steroid dienone is 1. The third-order valence-corrected chi connectivity index (χ3v) is 4.82. The van der Waals surface area contributed by atoms with Gasteiger partial charge in [-0.25, -0.2) is 0 Å². The van der Waals surface area contributed by atoms with E-state index in [0.29, 0.717) is 12.1 Å². The molecule has 3 rings (SSSR count). The molecular weight excluding hydrogens is 302 g/mol. The van der Waals surface area contributed by atoms with Crippen molar-refractivity contribution >= 4 is 23.7 Å². The monoisotopic (exact) mass is 317 g/mol. The fourth-order valence-electron chi connectivity index (χ4n) is 2.79. The summed E-state index contributed by atoms with van der Waals surface area (Å²) in [4.78, 5) is 24.1. The van der Waals surface area contributed by atoms with E-state index in [4.69, 9.17) is 5.11 Å². The van der Waals surface area contributed by atoms with Gasteiger partial charge in [-0.2, -0.15) is 0 Å². The summed E-state index contributed by atoms with van der Waals surface area (Å²) in [7, 11) is 0. The van der Waals surface area contributed by atoms with Crippen molar-refractivity contribution in [2.24, 2.45) is 0 Å². The SMILES string of the molecule is O=C(O)CC1=CC(=O)C(O)(C2CNSc3ccccc32)C=C1. The van der Waals surface area contributed by atoms with Crippen LogP contribution in [0.1, 0.15) is 17.9 Å². The Balaban J connectivity index is 1.93. The highest BCUT2D eigenvalue weighted by Gasteiger charge is 2.44. The van der Waals surface area contributed by atoms with Gasteiger partial charge in [-0.05, 0) is 41.3 Å². The number of hydrogen-bond acceptors (Lipinski definition) is 5. The maximum Gasteiger partial charge on any atom is 0.307 e. The lowest BCUT2D eigenvalue weighted by Gasteiger charge is -2.37. The van der Waals surface area contributed by atoms with Gasteiger partial charge in [0, 0.05) is 17.4 Å². The van der Waals surface area contributed by atoms with Gasteiger partial charge in [0.05, 0.1) is 6.42 Å². The molecule has 1 aromatic carbocycles. The molecule has 5 nitrogen and oxygen atoms in total. The van der Waals surface area contributed by atoms with Crippen LogP contribution in [0.4, 0.5) is 0 Å². The van der Waals surface area contributed by atoms with Crippen molar-refractivity contribution in [2.45, 2.75) is 22.8 Å². The van der Waals surface area contributed by atoms with Crippen molar-refractivity contribution < 1.29 is 19.8 Å². The zero-order chi connectivity index (χ0) is 15.7. The second-order valence-corrected chi connectivity index (χ2v) is 6.29. The summed E-state index contributed by atoms with van der Waals surface area (Å²) in [5.41, 5.74) is -0.332. The van der Waals surface area contributed by atoms with E-state index in [0.717, 1.165) is 10.5 Å². The molecule has 0 saturated heterocycles. The van der Waals surface area contributed by atoms with Gasteiger partial charge in [0.25, 0.3) is 0 Å². The highest BCUT2D eigenvalue weighted by molar-refractivity contribution is 7.97. The van der Waals surface area contributed by atoms with Crippen LogP contribution in [0.25, 0.3) is 0 Å². The predicted octanol–water partition coefficient (Wildman–Crippen LogP) is 1.65. The lowest BCUT2D eigenvalue weighted by Crippen LogP contribution is -2.47. The van der Waals surface area contributed by atoms with Crippen molar-refractivity contribution in [1.82, 2.24) is 4.72 Å². The maximum atomic E-state index is 12.4. The molecule has 1 heterocycles. The molecule has 0 fully saturated rings. The number of benzene rings is 1. The van der Waals surface area contributed by atoms with Crippen LogP contribution in [0.15, 0.2) is 53.0 Å². The minimum Gasteiger partial charge on any atom is -0.481 e. The molecule has 114 valence electrons. The maximum absolute atomic E-state index is 12.4. The summed E-state index contributed by atoms with van der Waals surface area (Å²) in [6.45, 7) is 0.455. The number of carboxylic acids is 1. The average molecular weight is 317 g/mol. The zero-order valence-electron chi connectivity index (χ0n) is 11.7. The first-order valence-corrected chi connectivity index (χ1v) is 7.69. The number of nitrogens with one attached hydrogen (secondary N) is 1. The standard InChI is InChI=1S/C16H15NO4S/c18-14-7-10(8-15(19)20)5-6-16(14,21)12-9-17-22-13-4-2-1-3-11(12)13/h1-7,12,17,21H,8-9H2,(H,19,20). The van der Waals surface area contributed by atoms with Gasteiger partial charge in [0.15, 0.2) is 11.4 Å². The number of carbonyl (C=O) groups is 2. The van der Waals surface area contributed by atoms with Crippen LogP contribution in [-0.4, -0.2) is 34.1 Å². The normalized spacial score (nSPS) is 27.2. The average Bonchev–Trinajstić information content (AvgIpc) is 2.50. The Morgan fingerprint density at radius 3 is 2.91 bits per heavy atom. The van der Waals surface area contributed by atoms with Gasteiger partial charge in [-0.3, -0.25) is 14.3 Å². The smallest absolute Gasteiger partial charge is 0.307 e. The Morgan fingerprint density at radius 2 is 2.18 bits per heavy atom. The molecule has 0 spiro atoms. The summed E-state index contributed by atoms with van der Waals surface area (Å²) in [5, 5.41) is 19.7. The van der Waals surface area contributed by atoms with Crippen LogP contribution < -0.4 is 4.72 Å². The van der Waals surface area contributed by atoms with Gasteiger partial charge in [0.2, 0.25) is 0 Å². The molecule has 2 atom stereocenters. The van der Waals surface area contributed by atoms with E-state index in [1.165, 1.54) is 30.2 Å². The summed E-state index contributed by atoms with van der Waals surface area (Å²) >= 11 is 1.48. The quantitative estimate of drug-likeness (QED) is 0.735. The predicted molar refractivity (Wildman–Crippen MR) is 82.5 cm³/mol. The molecule has 2 aliphatic rings. The number of fused-ring (bicyclic) bond motifs is 1. The van der Waals surface area contributed by atoms with Crippen LogP contribution in [-0.2, 0) is 9.59 Å². The minimum atomic E-state index is -1.65. The van der Waals surface area contributed by atoms with Crippen LogP contribution in [0.2, 0.25) is 0 Å². The third-order valence-electron chi connectivity index (χ3n) is 3.91. The first kappa shape index (κ1) is 15.0. The second-order valence-electron chi connectivity index (χ2n) is 5.35. The van der Waals surface area contributed by atoms with Crippen molar-refractivity contribution in [3.8, 4) is 0 Å². The largest absolute Gasteiger partial charge is 0.481 e. The van der Waals surface area contributed by atoms with E-state index in [1.807, 2.05) is 24.3 Å². The lowest BCUT2D eigenvalue weighted by molar-refractivity contribution is -0.136. The lowest BCUT2D eigenvalue weighted by atomic mass is 9.76. The van der Waals surface area contributed by atoms with E-state index < -0.39 is 23.3 Å². The second kappa shape index (κ2) is 5.72. The molecule has 0 amide bonds. The number of aliphatic carboxylic acids is 1. The number of aliphatic hydroxyl groups is 1. The summed E-state index contributed by atoms with van der Waals surface area (Å²) in [6, 6.07) is 7.63. The highest BCUT2D eigenvalue weighted by atomic mass is 32.2. The van der Waals surface area contributed by atoms with Crippen LogP contribution in [0, 0.1) is 0 Å². The zero-order valence-corrected chi connectivity index (χ0v) is 12.5. The number of ketones is 1. The van der Waals surface area contributed by atoms with E-state index in [1.54, 1.807) is 0 Å². The Morgan fingerprint density at radius 1 is 1.41 bits per heavy atom. The number of rotatable bonds is 3. The number of carbonyl (C=O) groups excluding carboxylic acids is 1. The van der Waals surface area contributed by atoms with Gasteiger partial charge in [0.1, 0.15) is 0 Å². The Bertz CT molecular complexity index is 697. The first-order valence-electron chi connectivity index (χ1n) is 6.88. The number of hydrogen-bond donors (Lipinski definition) is 3. The van der Waals surface area contributed by atoms with E-state index in [9.17, 15) is 14.7 Å². The van der Waals surface area contributed by atoms with E-state index >= 15 is 0 Å². The third kappa shape index (κ3) is 2.61. The van der Waals surface area contributed by atoms with Gasteiger partial charge < -0.3 is 10.2 Å². The van der Waals surface area contributed by atoms with Gasteiger partial charge in [-0.15, -0.1) is 0 Å². The van der Waals surface area contributed by atoms with Gasteiger partial charge >= 0.3 is 5.97 Å². The number of carboxylic acid groups (broad SMARTS) is 1. The topological polar surface area (TPSA) is 86.6 Å². The van der Waals surface area contributed by atoms with Crippen molar-refractivity contribution in [1.29, 1.82) is 0 Å². The molecular formula is C16H15NO4S. The molecule has 6 heteroatoms. The molecule has 1 aliphatic heterocycles. The van der Waals surface area contributed by atoms with E-state index in [2.05, 4.69) is 4.72 Å². The molecule has 0 bridgehead atoms. The molecule has 1 aliphatic carbocycles. The van der Waals surface area contributed by atoms with E-state index in [-0.39, 0.29) is 6.42 Å². The van der Waals surface area contributed by atoms with Crippen LogP contribution in [0.3, 0.4) is 0 Å². The molecule has 0 saturated carbocycles. The molecule has 2 unspecified atom stereocenters. The molecule has 3 N–H and O–H groups in total. The van der Waals surface area contributed by atoms with Crippen LogP contribution in [0.5, 0.6) is 0 Å². The highest BCUT2D eigenvalue weighted by Crippen LogP contribution is 2.40.